The summed E-state index contributed by atoms with van der Waals surface area (Å²) in [5, 5.41) is 28.6. The Morgan fingerprint density at radius 1 is 1.40 bits per heavy atom. The average Bonchev–Trinajstić information content (AvgIpc) is 3.17. The van der Waals surface area contributed by atoms with Crippen molar-refractivity contribution in [1.29, 1.82) is 0 Å². The first-order valence-electron chi connectivity index (χ1n) is 7.20. The lowest BCUT2D eigenvalue weighted by Crippen LogP contribution is -2.29. The van der Waals surface area contributed by atoms with Gasteiger partial charge in [-0.15, -0.1) is 0 Å². The monoisotopic (exact) mass is 357 g/mol. The number of carbonyl (C=O) groups is 1. The first-order chi connectivity index (χ1) is 12.0. The molecular formula is C15H13N6O3S-. The molecule has 9 nitrogen and oxygen atoms in total. The smallest absolute Gasteiger partial charge is 0.216 e. The topological polar surface area (TPSA) is 124 Å². The van der Waals surface area contributed by atoms with E-state index in [1.165, 1.54) is 10.9 Å². The summed E-state index contributed by atoms with van der Waals surface area (Å²) in [4.78, 5) is 10.6. The molecule has 0 bridgehead atoms. The summed E-state index contributed by atoms with van der Waals surface area (Å²) in [6.45, 7) is 1.32. The summed E-state index contributed by atoms with van der Waals surface area (Å²) in [5.41, 5.74) is 2.04. The van der Waals surface area contributed by atoms with Crippen LogP contribution >= 0.6 is 12.2 Å². The van der Waals surface area contributed by atoms with Crippen LogP contribution < -0.4 is 9.84 Å². The number of para-hydroxylation sites is 1. The Hall–Kier alpha value is -3.27. The van der Waals surface area contributed by atoms with E-state index in [0.717, 1.165) is 5.69 Å². The maximum absolute atomic E-state index is 10.6. The van der Waals surface area contributed by atoms with Crippen LogP contribution in [0.3, 0.4) is 0 Å². The van der Waals surface area contributed by atoms with Crippen LogP contribution in [-0.2, 0) is 4.79 Å². The number of aromatic amines is 2. The molecule has 2 heterocycles. The van der Waals surface area contributed by atoms with Crippen LogP contribution in [0.2, 0.25) is 0 Å². The zero-order valence-corrected chi connectivity index (χ0v) is 13.9. The largest absolute Gasteiger partial charge is 0.546 e. The number of carbonyl (C=O) groups excluding carboxylic acids is 1. The number of aryl methyl sites for hydroxylation is 1. The third-order valence-corrected chi connectivity index (χ3v) is 3.43. The maximum atomic E-state index is 10.6. The fourth-order valence-corrected chi connectivity index (χ4v) is 2.25. The number of hydrogen-bond acceptors (Lipinski definition) is 7. The zero-order valence-electron chi connectivity index (χ0n) is 13.1. The number of hydrogen-bond donors (Lipinski definition) is 2. The van der Waals surface area contributed by atoms with E-state index in [-0.39, 0.29) is 0 Å². The Kier molecular flexibility index (Phi) is 4.70. The van der Waals surface area contributed by atoms with Gasteiger partial charge in [-0.1, -0.05) is 12.1 Å². The summed E-state index contributed by atoms with van der Waals surface area (Å²) < 4.78 is 6.90. The minimum Gasteiger partial charge on any atom is -0.546 e. The van der Waals surface area contributed by atoms with Crippen LogP contribution in [0, 0.1) is 11.7 Å². The first kappa shape index (κ1) is 16.6. The van der Waals surface area contributed by atoms with Gasteiger partial charge in [-0.05, 0) is 37.3 Å². The van der Waals surface area contributed by atoms with Gasteiger partial charge in [-0.25, -0.2) is 5.10 Å². The number of H-pyrrole nitrogens is 2. The molecule has 0 aliphatic rings. The van der Waals surface area contributed by atoms with Gasteiger partial charge in [0.1, 0.15) is 18.1 Å². The van der Waals surface area contributed by atoms with Gasteiger partial charge < -0.3 is 14.6 Å². The molecule has 0 fully saturated rings. The molecule has 0 aliphatic carbocycles. The van der Waals surface area contributed by atoms with Crippen molar-refractivity contribution < 1.29 is 14.6 Å². The maximum Gasteiger partial charge on any atom is 0.216 e. The number of nitrogens with zero attached hydrogens (tertiary/aromatic N) is 4. The Morgan fingerprint density at radius 2 is 2.20 bits per heavy atom. The Balaban J connectivity index is 1.92. The van der Waals surface area contributed by atoms with Gasteiger partial charge in [0.15, 0.2) is 0 Å². The Labute approximate surface area is 147 Å². The van der Waals surface area contributed by atoms with Gasteiger partial charge in [-0.3, -0.25) is 5.10 Å². The van der Waals surface area contributed by atoms with Crippen molar-refractivity contribution in [3.05, 3.63) is 46.4 Å². The van der Waals surface area contributed by atoms with E-state index in [1.807, 2.05) is 13.0 Å². The van der Waals surface area contributed by atoms with Crippen LogP contribution in [0.5, 0.6) is 5.75 Å². The predicted molar refractivity (Wildman–Crippen MR) is 89.7 cm³/mol. The molecule has 0 radical (unpaired) electrons. The minimum atomic E-state index is -1.31. The van der Waals surface area contributed by atoms with E-state index in [4.69, 9.17) is 17.0 Å². The Morgan fingerprint density at radius 3 is 2.92 bits per heavy atom. The molecule has 2 N–H and O–H groups in total. The van der Waals surface area contributed by atoms with Crippen LogP contribution in [0.4, 0.5) is 0 Å². The minimum absolute atomic E-state index is 0.292. The van der Waals surface area contributed by atoms with Crippen LogP contribution in [0.1, 0.15) is 11.3 Å². The van der Waals surface area contributed by atoms with Gasteiger partial charge in [0.05, 0.1) is 12.2 Å². The van der Waals surface area contributed by atoms with E-state index in [0.29, 0.717) is 27.6 Å². The highest BCUT2D eigenvalue weighted by molar-refractivity contribution is 7.71. The lowest BCUT2D eigenvalue weighted by molar-refractivity contribution is -0.307. The second-order valence-corrected chi connectivity index (χ2v) is 5.43. The van der Waals surface area contributed by atoms with Crippen LogP contribution in [-0.4, -0.2) is 43.9 Å². The molecule has 128 valence electrons. The highest BCUT2D eigenvalue weighted by Gasteiger charge is 2.11. The highest BCUT2D eigenvalue weighted by atomic mass is 32.1. The quantitative estimate of drug-likeness (QED) is 0.493. The number of rotatable bonds is 6. The molecule has 1 aromatic carbocycles. The molecule has 0 spiro atoms. The molecule has 0 amide bonds. The molecule has 25 heavy (non-hydrogen) atoms. The SMILES string of the molecule is Cc1cc(-c2n[nH]c(=S)n2/N=C\c2ccccc2OCC(=O)[O-])n[nH]1. The molecule has 10 heteroatoms. The second kappa shape index (κ2) is 7.09. The third-order valence-electron chi connectivity index (χ3n) is 3.16. The number of ether oxygens (including phenoxy) is 1. The van der Waals surface area contributed by atoms with Gasteiger partial charge in [0, 0.05) is 11.3 Å². The molecule has 0 saturated heterocycles. The van der Waals surface area contributed by atoms with Crippen molar-refractivity contribution in [1.82, 2.24) is 25.1 Å². The fourth-order valence-electron chi connectivity index (χ4n) is 2.07. The Bertz CT molecular complexity index is 987. The number of aliphatic carboxylic acids is 1. The number of aromatic nitrogens is 5. The number of carboxylic acids is 1. The predicted octanol–water partition coefficient (Wildman–Crippen LogP) is 0.650. The van der Waals surface area contributed by atoms with Crippen molar-refractivity contribution in [3.63, 3.8) is 0 Å². The normalized spacial score (nSPS) is 11.1. The summed E-state index contributed by atoms with van der Waals surface area (Å²) in [6, 6.07) is 8.68. The highest BCUT2D eigenvalue weighted by Crippen LogP contribution is 2.18. The van der Waals surface area contributed by atoms with Crippen LogP contribution in [0.25, 0.3) is 11.5 Å². The van der Waals surface area contributed by atoms with Crippen molar-refractivity contribution in [2.24, 2.45) is 5.10 Å². The zero-order chi connectivity index (χ0) is 17.8. The summed E-state index contributed by atoms with van der Waals surface area (Å²) in [5.74, 6) is -0.499. The number of nitrogens with one attached hydrogen (secondary N) is 2. The van der Waals surface area contributed by atoms with Crippen molar-refractivity contribution >= 4 is 24.4 Å². The van der Waals surface area contributed by atoms with E-state index in [9.17, 15) is 9.90 Å². The molecule has 3 aromatic rings. The lowest BCUT2D eigenvalue weighted by Gasteiger charge is -2.09. The van der Waals surface area contributed by atoms with E-state index in [1.54, 1.807) is 24.3 Å². The van der Waals surface area contributed by atoms with E-state index >= 15 is 0 Å². The van der Waals surface area contributed by atoms with Gasteiger partial charge >= 0.3 is 0 Å². The molecule has 3 rings (SSSR count). The van der Waals surface area contributed by atoms with Crippen molar-refractivity contribution in [3.8, 4) is 17.3 Å². The van der Waals surface area contributed by atoms with E-state index < -0.39 is 12.6 Å². The average molecular weight is 357 g/mol. The first-order valence-corrected chi connectivity index (χ1v) is 7.61. The van der Waals surface area contributed by atoms with Gasteiger partial charge in [-0.2, -0.15) is 20.0 Å². The van der Waals surface area contributed by atoms with Crippen molar-refractivity contribution in [2.75, 3.05) is 6.61 Å². The number of carboxylic acid groups (broad SMARTS) is 1. The molecule has 0 aliphatic heterocycles. The lowest BCUT2D eigenvalue weighted by atomic mass is 10.2. The standard InChI is InChI=1S/C15H14N6O3S/c1-9-6-11(18-17-9)14-19-20-15(25)21(14)16-7-10-4-2-3-5-12(10)24-8-13(22)23/h2-7H,8H2,1H3,(H,17,18)(H,20,25)(H,22,23)/p-1/b16-7-. The summed E-state index contributed by atoms with van der Waals surface area (Å²) >= 11 is 5.19. The second-order valence-electron chi connectivity index (χ2n) is 5.04. The van der Waals surface area contributed by atoms with Gasteiger partial charge in [0.2, 0.25) is 10.6 Å². The molecular weight excluding hydrogens is 344 g/mol. The van der Waals surface area contributed by atoms with E-state index in [2.05, 4.69) is 25.5 Å². The van der Waals surface area contributed by atoms with Crippen LogP contribution in [0.15, 0.2) is 35.4 Å². The summed E-state index contributed by atoms with van der Waals surface area (Å²) in [6.07, 6.45) is 1.50. The molecule has 0 unspecified atom stereocenters. The fraction of sp³-hybridized carbons (Fsp3) is 0.133. The van der Waals surface area contributed by atoms with Crippen molar-refractivity contribution in [2.45, 2.75) is 6.92 Å². The molecule has 0 atom stereocenters. The third kappa shape index (κ3) is 3.80. The molecule has 0 saturated carbocycles. The summed E-state index contributed by atoms with van der Waals surface area (Å²) in [7, 11) is 0. The number of benzene rings is 1. The van der Waals surface area contributed by atoms with Gasteiger partial charge in [0.25, 0.3) is 0 Å². The molecule has 2 aromatic heterocycles.